The summed E-state index contributed by atoms with van der Waals surface area (Å²) in [7, 11) is 0. The number of nitriles is 1. The summed E-state index contributed by atoms with van der Waals surface area (Å²) in [6.45, 7) is 4.41. The molecule has 1 amide bonds. The van der Waals surface area contributed by atoms with Gasteiger partial charge in [-0.3, -0.25) is 4.79 Å². The molecule has 0 radical (unpaired) electrons. The molecule has 1 N–H and O–H groups in total. The van der Waals surface area contributed by atoms with E-state index in [1.54, 1.807) is 12.3 Å². The maximum atomic E-state index is 12.0. The van der Waals surface area contributed by atoms with Crippen LogP contribution in [0, 0.1) is 17.2 Å². The average molecular weight is 272 g/mol. The van der Waals surface area contributed by atoms with Gasteiger partial charge in [-0.2, -0.15) is 5.26 Å². The summed E-state index contributed by atoms with van der Waals surface area (Å²) >= 11 is 0. The molecule has 1 aliphatic rings. The largest absolute Gasteiger partial charge is 0.356 e. The number of piperidine rings is 1. The van der Waals surface area contributed by atoms with E-state index in [0.717, 1.165) is 38.2 Å². The highest BCUT2D eigenvalue weighted by atomic mass is 16.1. The summed E-state index contributed by atoms with van der Waals surface area (Å²) in [5, 5.41) is 11.7. The first kappa shape index (κ1) is 14.3. The first-order valence-electron chi connectivity index (χ1n) is 7.13. The molecular weight excluding hydrogens is 252 g/mol. The van der Waals surface area contributed by atoms with Gasteiger partial charge in [0.05, 0.1) is 11.5 Å². The van der Waals surface area contributed by atoms with Crippen LogP contribution in [0.3, 0.4) is 0 Å². The zero-order chi connectivity index (χ0) is 14.4. The summed E-state index contributed by atoms with van der Waals surface area (Å²) in [4.78, 5) is 18.5. The molecular formula is C15H20N4O. The third-order valence-corrected chi connectivity index (χ3v) is 3.54. The molecule has 20 heavy (non-hydrogen) atoms. The van der Waals surface area contributed by atoms with E-state index < -0.39 is 0 Å². The molecule has 1 aromatic heterocycles. The highest BCUT2D eigenvalue weighted by Crippen LogP contribution is 2.21. The normalized spacial score (nSPS) is 18.4. The van der Waals surface area contributed by atoms with Crippen molar-refractivity contribution in [1.82, 2.24) is 10.3 Å². The van der Waals surface area contributed by atoms with Gasteiger partial charge in [0.25, 0.3) is 0 Å². The summed E-state index contributed by atoms with van der Waals surface area (Å²) in [6.07, 6.45) is 4.46. The molecule has 0 saturated carbocycles. The minimum atomic E-state index is 0.0349. The van der Waals surface area contributed by atoms with Crippen LogP contribution in [0.5, 0.6) is 0 Å². The smallest absolute Gasteiger partial charge is 0.224 e. The average Bonchev–Trinajstić information content (AvgIpc) is 2.52. The molecule has 106 valence electrons. The third-order valence-electron chi connectivity index (χ3n) is 3.54. The molecule has 0 spiro atoms. The number of carbonyl (C=O) groups excluding carboxylic acids is 1. The molecule has 1 saturated heterocycles. The predicted octanol–water partition coefficient (Wildman–Crippen LogP) is 1.70. The fourth-order valence-electron chi connectivity index (χ4n) is 2.43. The third kappa shape index (κ3) is 3.47. The second kappa shape index (κ2) is 6.90. The number of nitrogens with zero attached hydrogens (tertiary/aromatic N) is 3. The molecule has 1 fully saturated rings. The van der Waals surface area contributed by atoms with Crippen LogP contribution < -0.4 is 10.2 Å². The number of pyridine rings is 1. The lowest BCUT2D eigenvalue weighted by Gasteiger charge is -2.32. The highest BCUT2D eigenvalue weighted by Gasteiger charge is 2.26. The fraction of sp³-hybridized carbons (Fsp3) is 0.533. The van der Waals surface area contributed by atoms with Crippen molar-refractivity contribution in [2.24, 2.45) is 5.92 Å². The maximum absolute atomic E-state index is 12.0. The van der Waals surface area contributed by atoms with Crippen LogP contribution in [-0.4, -0.2) is 30.5 Å². The van der Waals surface area contributed by atoms with E-state index in [0.29, 0.717) is 12.1 Å². The van der Waals surface area contributed by atoms with Gasteiger partial charge in [-0.1, -0.05) is 6.92 Å². The van der Waals surface area contributed by atoms with Crippen LogP contribution in [-0.2, 0) is 4.79 Å². The molecule has 1 aromatic rings. The molecule has 1 unspecified atom stereocenters. The van der Waals surface area contributed by atoms with Gasteiger partial charge >= 0.3 is 0 Å². The van der Waals surface area contributed by atoms with Crippen molar-refractivity contribution >= 4 is 11.7 Å². The number of carbonyl (C=O) groups is 1. The SMILES string of the molecule is CCCNC(=O)C1CCCN(c2ccc(C#N)cn2)C1. The summed E-state index contributed by atoms with van der Waals surface area (Å²) in [5.41, 5.74) is 0.558. The van der Waals surface area contributed by atoms with Crippen molar-refractivity contribution in [3.05, 3.63) is 23.9 Å². The Balaban J connectivity index is 1.99. The van der Waals surface area contributed by atoms with Crippen molar-refractivity contribution in [2.75, 3.05) is 24.5 Å². The highest BCUT2D eigenvalue weighted by molar-refractivity contribution is 5.79. The van der Waals surface area contributed by atoms with Crippen LogP contribution in [0.4, 0.5) is 5.82 Å². The molecule has 0 bridgehead atoms. The standard InChI is InChI=1S/C15H20N4O/c1-2-7-17-15(20)13-4-3-8-19(11-13)14-6-5-12(9-16)10-18-14/h5-6,10,13H,2-4,7-8,11H2,1H3,(H,17,20). The van der Waals surface area contributed by atoms with Crippen molar-refractivity contribution in [3.63, 3.8) is 0 Å². The first-order valence-corrected chi connectivity index (χ1v) is 7.13. The maximum Gasteiger partial charge on any atom is 0.224 e. The van der Waals surface area contributed by atoms with Gasteiger partial charge in [0, 0.05) is 25.8 Å². The summed E-state index contributed by atoms with van der Waals surface area (Å²) < 4.78 is 0. The molecule has 5 nitrogen and oxygen atoms in total. The van der Waals surface area contributed by atoms with Crippen LogP contribution in [0.2, 0.25) is 0 Å². The van der Waals surface area contributed by atoms with Gasteiger partial charge in [-0.15, -0.1) is 0 Å². The zero-order valence-electron chi connectivity index (χ0n) is 11.8. The summed E-state index contributed by atoms with van der Waals surface area (Å²) in [6, 6.07) is 5.68. The van der Waals surface area contributed by atoms with Gasteiger partial charge < -0.3 is 10.2 Å². The quantitative estimate of drug-likeness (QED) is 0.905. The van der Waals surface area contributed by atoms with E-state index >= 15 is 0 Å². The number of aromatic nitrogens is 1. The first-order chi connectivity index (χ1) is 9.74. The lowest BCUT2D eigenvalue weighted by Crippen LogP contribution is -2.43. The van der Waals surface area contributed by atoms with E-state index in [-0.39, 0.29) is 11.8 Å². The number of hydrogen-bond donors (Lipinski definition) is 1. The number of anilines is 1. The van der Waals surface area contributed by atoms with Crippen molar-refractivity contribution in [3.8, 4) is 6.07 Å². The van der Waals surface area contributed by atoms with Crippen LogP contribution in [0.15, 0.2) is 18.3 Å². The number of nitrogens with one attached hydrogen (secondary N) is 1. The molecule has 2 heterocycles. The van der Waals surface area contributed by atoms with Gasteiger partial charge in [-0.25, -0.2) is 4.98 Å². The topological polar surface area (TPSA) is 69.0 Å². The van der Waals surface area contributed by atoms with Crippen LogP contribution in [0.25, 0.3) is 0 Å². The molecule has 0 aliphatic carbocycles. The Labute approximate surface area is 119 Å². The lowest BCUT2D eigenvalue weighted by atomic mass is 9.97. The van der Waals surface area contributed by atoms with Gasteiger partial charge in [0.15, 0.2) is 0 Å². The van der Waals surface area contributed by atoms with Gasteiger partial charge in [-0.05, 0) is 31.4 Å². The number of amides is 1. The van der Waals surface area contributed by atoms with E-state index in [1.165, 1.54) is 0 Å². The Kier molecular flexibility index (Phi) is 4.94. The Morgan fingerprint density at radius 1 is 1.60 bits per heavy atom. The minimum Gasteiger partial charge on any atom is -0.356 e. The second-order valence-electron chi connectivity index (χ2n) is 5.09. The second-order valence-corrected chi connectivity index (χ2v) is 5.09. The molecule has 1 aliphatic heterocycles. The number of rotatable bonds is 4. The van der Waals surface area contributed by atoms with E-state index in [4.69, 9.17) is 5.26 Å². The Morgan fingerprint density at radius 2 is 2.45 bits per heavy atom. The van der Waals surface area contributed by atoms with Crippen molar-refractivity contribution in [1.29, 1.82) is 5.26 Å². The molecule has 2 rings (SSSR count). The molecule has 5 heteroatoms. The van der Waals surface area contributed by atoms with Crippen LogP contribution >= 0.6 is 0 Å². The predicted molar refractivity (Wildman–Crippen MR) is 77.2 cm³/mol. The summed E-state index contributed by atoms with van der Waals surface area (Å²) in [5.74, 6) is 1.02. The van der Waals surface area contributed by atoms with E-state index in [9.17, 15) is 4.79 Å². The Morgan fingerprint density at radius 3 is 3.10 bits per heavy atom. The van der Waals surface area contributed by atoms with Gasteiger partial charge in [0.2, 0.25) is 5.91 Å². The van der Waals surface area contributed by atoms with E-state index in [2.05, 4.69) is 21.3 Å². The molecule has 0 aromatic carbocycles. The zero-order valence-corrected chi connectivity index (χ0v) is 11.8. The molecule has 1 atom stereocenters. The van der Waals surface area contributed by atoms with Gasteiger partial charge in [0.1, 0.15) is 11.9 Å². The Hall–Kier alpha value is -2.09. The Bertz CT molecular complexity index is 492. The van der Waals surface area contributed by atoms with Crippen molar-refractivity contribution < 1.29 is 4.79 Å². The van der Waals surface area contributed by atoms with Crippen molar-refractivity contribution in [2.45, 2.75) is 26.2 Å². The van der Waals surface area contributed by atoms with Crippen LogP contribution in [0.1, 0.15) is 31.7 Å². The fourth-order valence-corrected chi connectivity index (χ4v) is 2.43. The van der Waals surface area contributed by atoms with E-state index in [1.807, 2.05) is 13.0 Å². The monoisotopic (exact) mass is 272 g/mol. The number of hydrogen-bond acceptors (Lipinski definition) is 4. The minimum absolute atomic E-state index is 0.0349. The lowest BCUT2D eigenvalue weighted by molar-refractivity contribution is -0.125.